The van der Waals surface area contributed by atoms with E-state index < -0.39 is 0 Å². The molecule has 1 saturated heterocycles. The molecule has 1 unspecified atom stereocenters. The van der Waals surface area contributed by atoms with Gasteiger partial charge < -0.3 is 14.8 Å². The third kappa shape index (κ3) is 4.58. The van der Waals surface area contributed by atoms with E-state index in [0.29, 0.717) is 22.8 Å². The maximum atomic E-state index is 11.2. The zero-order valence-corrected chi connectivity index (χ0v) is 12.9. The third-order valence-corrected chi connectivity index (χ3v) is 4.33. The monoisotopic (exact) mass is 315 g/mol. The van der Waals surface area contributed by atoms with Gasteiger partial charge in [-0.15, -0.1) is 11.8 Å². The Morgan fingerprint density at radius 1 is 1.55 bits per heavy atom. The highest BCUT2D eigenvalue weighted by atomic mass is 35.5. The smallest absolute Gasteiger partial charge is 0.344 e. The highest BCUT2D eigenvalue weighted by Gasteiger charge is 2.15. The molecule has 0 bridgehead atoms. The molecule has 0 radical (unpaired) electrons. The number of esters is 1. The van der Waals surface area contributed by atoms with Gasteiger partial charge >= 0.3 is 5.97 Å². The quantitative estimate of drug-likeness (QED) is 0.817. The molecule has 1 aliphatic rings. The van der Waals surface area contributed by atoms with E-state index in [1.807, 2.05) is 23.9 Å². The van der Waals surface area contributed by atoms with E-state index in [0.717, 1.165) is 24.3 Å². The summed E-state index contributed by atoms with van der Waals surface area (Å²) in [6.45, 7) is 3.05. The molecule has 0 spiro atoms. The van der Waals surface area contributed by atoms with Crippen molar-refractivity contribution in [2.45, 2.75) is 18.7 Å². The highest BCUT2D eigenvalue weighted by molar-refractivity contribution is 8.00. The summed E-state index contributed by atoms with van der Waals surface area (Å²) < 4.78 is 10.1. The van der Waals surface area contributed by atoms with Crippen LogP contribution in [0, 0.1) is 0 Å². The van der Waals surface area contributed by atoms with Crippen molar-refractivity contribution in [3.63, 3.8) is 0 Å². The van der Waals surface area contributed by atoms with Gasteiger partial charge in [-0.3, -0.25) is 0 Å². The zero-order valence-electron chi connectivity index (χ0n) is 11.4. The molecule has 1 N–H and O–H groups in total. The number of thioether (sulfide) groups is 1. The van der Waals surface area contributed by atoms with E-state index >= 15 is 0 Å². The van der Waals surface area contributed by atoms with Crippen LogP contribution in [0.25, 0.3) is 0 Å². The van der Waals surface area contributed by atoms with Crippen LogP contribution in [-0.4, -0.2) is 36.9 Å². The van der Waals surface area contributed by atoms with E-state index in [-0.39, 0.29) is 12.6 Å². The van der Waals surface area contributed by atoms with Gasteiger partial charge in [-0.05, 0) is 31.0 Å². The fourth-order valence-corrected chi connectivity index (χ4v) is 3.28. The number of ether oxygens (including phenoxy) is 2. The Morgan fingerprint density at radius 3 is 3.05 bits per heavy atom. The van der Waals surface area contributed by atoms with E-state index in [1.54, 1.807) is 13.0 Å². The summed E-state index contributed by atoms with van der Waals surface area (Å²) in [5, 5.41) is 4.40. The molecule has 1 fully saturated rings. The summed E-state index contributed by atoms with van der Waals surface area (Å²) in [4.78, 5) is 11.2. The molecule has 6 heteroatoms. The second kappa shape index (κ2) is 7.76. The van der Waals surface area contributed by atoms with Crippen molar-refractivity contribution in [2.75, 3.05) is 25.5 Å². The molecular formula is C14H18ClNO3S. The molecule has 110 valence electrons. The van der Waals surface area contributed by atoms with Crippen molar-refractivity contribution in [1.29, 1.82) is 0 Å². The number of carbonyl (C=O) groups is 1. The molecule has 0 amide bonds. The first-order valence-electron chi connectivity index (χ1n) is 6.61. The SMILES string of the molecule is CCOC(=O)COc1ccc(CC2NCCS2)cc1Cl. The van der Waals surface area contributed by atoms with Gasteiger partial charge in [-0.25, -0.2) is 4.79 Å². The zero-order chi connectivity index (χ0) is 14.4. The highest BCUT2D eigenvalue weighted by Crippen LogP contribution is 2.27. The predicted octanol–water partition coefficient (Wildman–Crippen LogP) is 2.49. The number of halogens is 1. The number of benzene rings is 1. The fourth-order valence-electron chi connectivity index (χ4n) is 1.95. The minimum Gasteiger partial charge on any atom is -0.480 e. The second-order valence-electron chi connectivity index (χ2n) is 4.38. The van der Waals surface area contributed by atoms with E-state index in [2.05, 4.69) is 5.32 Å². The van der Waals surface area contributed by atoms with Crippen molar-refractivity contribution in [3.05, 3.63) is 28.8 Å². The Morgan fingerprint density at radius 2 is 2.40 bits per heavy atom. The maximum absolute atomic E-state index is 11.2. The largest absolute Gasteiger partial charge is 0.480 e. The fraction of sp³-hybridized carbons (Fsp3) is 0.500. The van der Waals surface area contributed by atoms with Gasteiger partial charge in [0.25, 0.3) is 0 Å². The van der Waals surface area contributed by atoms with Crippen molar-refractivity contribution in [2.24, 2.45) is 0 Å². The molecule has 2 rings (SSSR count). The van der Waals surface area contributed by atoms with Crippen molar-refractivity contribution < 1.29 is 14.3 Å². The molecule has 0 saturated carbocycles. The number of nitrogens with one attached hydrogen (secondary N) is 1. The maximum Gasteiger partial charge on any atom is 0.344 e. The standard InChI is InChI=1S/C14H18ClNO3S/c1-2-18-14(17)9-19-12-4-3-10(7-11(12)15)8-13-16-5-6-20-13/h3-4,7,13,16H,2,5-6,8-9H2,1H3. The molecule has 1 heterocycles. The van der Waals surface area contributed by atoms with Crippen LogP contribution in [-0.2, 0) is 16.0 Å². The number of carbonyl (C=O) groups excluding carboxylic acids is 1. The second-order valence-corrected chi connectivity index (χ2v) is 6.09. The Kier molecular flexibility index (Phi) is 6.01. The average Bonchev–Trinajstić information content (AvgIpc) is 2.91. The molecule has 1 aromatic carbocycles. The van der Waals surface area contributed by atoms with Gasteiger partial charge in [0.1, 0.15) is 5.75 Å². The van der Waals surface area contributed by atoms with Gasteiger partial charge in [-0.1, -0.05) is 17.7 Å². The Hall–Kier alpha value is -0.910. The first-order chi connectivity index (χ1) is 9.69. The van der Waals surface area contributed by atoms with Gasteiger partial charge in [0, 0.05) is 12.3 Å². The van der Waals surface area contributed by atoms with Crippen LogP contribution in [0.1, 0.15) is 12.5 Å². The molecule has 1 aromatic rings. The number of hydrogen-bond donors (Lipinski definition) is 1. The molecule has 1 atom stereocenters. The summed E-state index contributed by atoms with van der Waals surface area (Å²) in [7, 11) is 0. The van der Waals surface area contributed by atoms with Crippen molar-refractivity contribution in [3.8, 4) is 5.75 Å². The molecule has 20 heavy (non-hydrogen) atoms. The van der Waals surface area contributed by atoms with E-state index in [4.69, 9.17) is 21.1 Å². The van der Waals surface area contributed by atoms with Crippen LogP contribution in [0.5, 0.6) is 5.75 Å². The van der Waals surface area contributed by atoms with Gasteiger partial charge in [-0.2, -0.15) is 0 Å². The van der Waals surface area contributed by atoms with Crippen LogP contribution < -0.4 is 10.1 Å². The molecule has 0 aliphatic carbocycles. The molecule has 0 aromatic heterocycles. The Balaban J connectivity index is 1.89. The lowest BCUT2D eigenvalue weighted by molar-refractivity contribution is -0.145. The lowest BCUT2D eigenvalue weighted by Gasteiger charge is -2.12. The average molecular weight is 316 g/mol. The summed E-state index contributed by atoms with van der Waals surface area (Å²) >= 11 is 8.09. The topological polar surface area (TPSA) is 47.6 Å². The summed E-state index contributed by atoms with van der Waals surface area (Å²) in [6, 6.07) is 5.67. The first kappa shape index (κ1) is 15.5. The number of hydrogen-bond acceptors (Lipinski definition) is 5. The van der Waals surface area contributed by atoms with Crippen molar-refractivity contribution >= 4 is 29.3 Å². The molecule has 4 nitrogen and oxygen atoms in total. The van der Waals surface area contributed by atoms with Crippen LogP contribution in [0.2, 0.25) is 5.02 Å². The van der Waals surface area contributed by atoms with Crippen LogP contribution in [0.3, 0.4) is 0 Å². The van der Waals surface area contributed by atoms with Crippen LogP contribution in [0.4, 0.5) is 0 Å². The normalized spacial score (nSPS) is 18.0. The minimum absolute atomic E-state index is 0.118. The molecular weight excluding hydrogens is 298 g/mol. The lowest BCUT2D eigenvalue weighted by Crippen LogP contribution is -2.21. The van der Waals surface area contributed by atoms with Gasteiger partial charge in [0.05, 0.1) is 17.0 Å². The van der Waals surface area contributed by atoms with Gasteiger partial charge in [0.2, 0.25) is 0 Å². The van der Waals surface area contributed by atoms with Crippen LogP contribution >= 0.6 is 23.4 Å². The van der Waals surface area contributed by atoms with E-state index in [1.165, 1.54) is 0 Å². The Labute approximate surface area is 128 Å². The Bertz CT molecular complexity index is 464. The summed E-state index contributed by atoms with van der Waals surface area (Å²) in [6.07, 6.45) is 0.933. The van der Waals surface area contributed by atoms with Crippen LogP contribution in [0.15, 0.2) is 18.2 Å². The lowest BCUT2D eigenvalue weighted by atomic mass is 10.1. The number of rotatable bonds is 6. The predicted molar refractivity (Wildman–Crippen MR) is 81.5 cm³/mol. The minimum atomic E-state index is -0.390. The first-order valence-corrected chi connectivity index (χ1v) is 8.03. The third-order valence-electron chi connectivity index (χ3n) is 2.86. The van der Waals surface area contributed by atoms with E-state index in [9.17, 15) is 4.79 Å². The summed E-state index contributed by atoms with van der Waals surface area (Å²) in [5.74, 6) is 1.27. The summed E-state index contributed by atoms with van der Waals surface area (Å²) in [5.41, 5.74) is 1.16. The van der Waals surface area contributed by atoms with Crippen molar-refractivity contribution in [1.82, 2.24) is 5.32 Å². The van der Waals surface area contributed by atoms with Gasteiger partial charge in [0.15, 0.2) is 6.61 Å². The molecule has 1 aliphatic heterocycles.